The first-order valence-electron chi connectivity index (χ1n) is 18.7. The zero-order chi connectivity index (χ0) is 45.4. The van der Waals surface area contributed by atoms with E-state index in [-0.39, 0.29) is 73.2 Å². The minimum absolute atomic E-state index is 0.00220. The van der Waals surface area contributed by atoms with Gasteiger partial charge in [-0.15, -0.1) is 26.0 Å². The average Bonchev–Trinajstić information content (AvgIpc) is 3.84. The molecule has 2 amide bonds. The molecular formula is C41H44Cl2F6N2O9. The number of rotatable bonds is 11. The number of alkyl halides is 6. The number of nitrogens with zero attached hydrogens (tertiary/aromatic N) is 2. The van der Waals surface area contributed by atoms with Crippen LogP contribution in [0.4, 0.5) is 37.7 Å². The summed E-state index contributed by atoms with van der Waals surface area (Å²) in [4.78, 5) is 51.2. The largest absolute Gasteiger partial charge is 0.573 e. The van der Waals surface area contributed by atoms with Gasteiger partial charge in [0.05, 0.1) is 16.1 Å². The maximum Gasteiger partial charge on any atom is 0.573 e. The highest BCUT2D eigenvalue weighted by molar-refractivity contribution is 6.33. The Hall–Kier alpha value is -4.84. The van der Waals surface area contributed by atoms with E-state index in [0.717, 1.165) is 28.0 Å². The molecule has 1 aliphatic heterocycles. The van der Waals surface area contributed by atoms with E-state index in [1.807, 2.05) is 39.5 Å². The molecule has 3 fully saturated rings. The Bertz CT molecular complexity index is 1990. The van der Waals surface area contributed by atoms with Crippen molar-refractivity contribution in [3.63, 3.8) is 0 Å². The minimum Gasteiger partial charge on any atom is -0.491 e. The fourth-order valence-electron chi connectivity index (χ4n) is 6.99. The lowest BCUT2D eigenvalue weighted by atomic mass is 9.81. The molecule has 2 aliphatic carbocycles. The number of terminal acetylenes is 2. The summed E-state index contributed by atoms with van der Waals surface area (Å²) in [7, 11) is 0. The van der Waals surface area contributed by atoms with Gasteiger partial charge in [-0.3, -0.25) is 19.4 Å². The maximum atomic E-state index is 13.1. The van der Waals surface area contributed by atoms with E-state index in [1.54, 1.807) is 0 Å². The summed E-state index contributed by atoms with van der Waals surface area (Å²) in [6.07, 6.45) is 2.32. The minimum atomic E-state index is -4.97. The van der Waals surface area contributed by atoms with Gasteiger partial charge in [0.1, 0.15) is 29.1 Å². The number of anilines is 2. The summed E-state index contributed by atoms with van der Waals surface area (Å²) >= 11 is 12.1. The highest BCUT2D eigenvalue weighted by Crippen LogP contribution is 2.58. The van der Waals surface area contributed by atoms with Crippen LogP contribution in [0.3, 0.4) is 0 Å². The van der Waals surface area contributed by atoms with Gasteiger partial charge in [0.2, 0.25) is 0 Å². The summed E-state index contributed by atoms with van der Waals surface area (Å²) in [5, 5.41) is 19.3. The Labute approximate surface area is 353 Å². The molecule has 0 spiro atoms. The topological polar surface area (TPSA) is 143 Å². The van der Waals surface area contributed by atoms with Gasteiger partial charge in [-0.05, 0) is 79.8 Å². The fraction of sp³-hybridized carbons (Fsp3) is 0.512. The van der Waals surface area contributed by atoms with E-state index in [1.165, 1.54) is 18.2 Å². The molecule has 2 atom stereocenters. The van der Waals surface area contributed by atoms with Gasteiger partial charge in [0.25, 0.3) is 0 Å². The molecule has 1 saturated heterocycles. The number of carboxylic acid groups (broad SMARTS) is 2. The number of hydrogen-bond donors (Lipinski definition) is 2. The van der Waals surface area contributed by atoms with E-state index in [0.29, 0.717) is 12.8 Å². The van der Waals surface area contributed by atoms with Gasteiger partial charge in [-0.2, -0.15) is 13.2 Å². The smallest absolute Gasteiger partial charge is 0.491 e. The Morgan fingerprint density at radius 3 is 1.67 bits per heavy atom. The van der Waals surface area contributed by atoms with Crippen molar-refractivity contribution in [2.75, 3.05) is 23.0 Å². The number of carbonyl (C=O) groups is 4. The molecular weight excluding hydrogens is 849 g/mol. The summed E-state index contributed by atoms with van der Waals surface area (Å²) < 4.78 is 91.3. The van der Waals surface area contributed by atoms with Gasteiger partial charge >= 0.3 is 36.3 Å². The predicted molar refractivity (Wildman–Crippen MR) is 210 cm³/mol. The van der Waals surface area contributed by atoms with E-state index in [9.17, 15) is 55.7 Å². The van der Waals surface area contributed by atoms with Crippen LogP contribution in [0, 0.1) is 36.0 Å². The van der Waals surface area contributed by atoms with Crippen LogP contribution in [0.2, 0.25) is 10.0 Å². The Morgan fingerprint density at radius 1 is 0.817 bits per heavy atom. The molecule has 2 N–H and O–H groups in total. The third-order valence-corrected chi connectivity index (χ3v) is 11.0. The molecule has 60 heavy (non-hydrogen) atoms. The van der Waals surface area contributed by atoms with Crippen LogP contribution in [-0.2, 0) is 23.9 Å². The number of carbonyl (C=O) groups excluding carboxylic acids is 2. The normalized spacial score (nSPS) is 20.1. The van der Waals surface area contributed by atoms with Crippen molar-refractivity contribution in [3.05, 3.63) is 46.4 Å². The summed E-state index contributed by atoms with van der Waals surface area (Å²) in [5.74, 6) is -1.13. The molecule has 2 saturated carbocycles. The van der Waals surface area contributed by atoms with E-state index in [2.05, 4.69) is 4.74 Å². The Kier molecular flexibility index (Phi) is 16.3. The summed E-state index contributed by atoms with van der Waals surface area (Å²) in [6.45, 7) is 7.19. The second-order valence-corrected chi connectivity index (χ2v) is 15.2. The molecule has 0 bridgehead atoms. The quantitative estimate of drug-likeness (QED) is 0.167. The van der Waals surface area contributed by atoms with E-state index >= 15 is 0 Å². The summed E-state index contributed by atoms with van der Waals surface area (Å²) in [6, 6.07) is 7.02. The van der Waals surface area contributed by atoms with Crippen molar-refractivity contribution < 1.29 is 69.9 Å². The molecule has 0 radical (unpaired) electrons. The number of carboxylic acids is 2. The molecule has 2 aromatic rings. The molecule has 2 aromatic carbocycles. The Balaban J connectivity index is 0.000000308. The molecule has 1 heterocycles. The molecule has 19 heteroatoms. The van der Waals surface area contributed by atoms with Gasteiger partial charge in [0, 0.05) is 30.8 Å². The van der Waals surface area contributed by atoms with Gasteiger partial charge < -0.3 is 24.4 Å². The average molecular weight is 894 g/mol. The number of benzene rings is 2. The van der Waals surface area contributed by atoms with Crippen LogP contribution < -0.4 is 19.3 Å². The second-order valence-electron chi connectivity index (χ2n) is 14.4. The second kappa shape index (κ2) is 19.7. The number of hydrogen-bond acceptors (Lipinski definition) is 7. The molecule has 5 rings (SSSR count). The lowest BCUT2D eigenvalue weighted by Crippen LogP contribution is -2.62. The fourth-order valence-corrected chi connectivity index (χ4v) is 7.44. The lowest BCUT2D eigenvalue weighted by molar-refractivity contribution is -0.274. The summed E-state index contributed by atoms with van der Waals surface area (Å²) in [5.41, 5.74) is -4.97. The van der Waals surface area contributed by atoms with Crippen LogP contribution in [-0.4, -0.2) is 76.9 Å². The predicted octanol–water partition coefficient (Wildman–Crippen LogP) is 9.31. The van der Waals surface area contributed by atoms with E-state index < -0.39 is 76.3 Å². The molecule has 0 aromatic heterocycles. The third-order valence-electron chi connectivity index (χ3n) is 10.4. The molecule has 11 nitrogen and oxygen atoms in total. The van der Waals surface area contributed by atoms with Crippen molar-refractivity contribution in [1.29, 1.82) is 0 Å². The van der Waals surface area contributed by atoms with Crippen LogP contribution in [0.25, 0.3) is 0 Å². The van der Waals surface area contributed by atoms with Crippen LogP contribution in [0.5, 0.6) is 11.5 Å². The van der Waals surface area contributed by atoms with Crippen molar-refractivity contribution in [2.24, 2.45) is 11.3 Å². The number of amides is 2. The van der Waals surface area contributed by atoms with Crippen LogP contribution in [0.1, 0.15) is 79.1 Å². The van der Waals surface area contributed by atoms with Gasteiger partial charge in [-0.1, -0.05) is 63.7 Å². The maximum absolute atomic E-state index is 13.1. The number of aliphatic carboxylic acids is 2. The van der Waals surface area contributed by atoms with Crippen LogP contribution >= 0.6 is 23.2 Å². The van der Waals surface area contributed by atoms with Crippen molar-refractivity contribution in [3.8, 4) is 36.2 Å². The van der Waals surface area contributed by atoms with Crippen LogP contribution in [0.15, 0.2) is 36.4 Å². The third kappa shape index (κ3) is 10.9. The first kappa shape index (κ1) is 49.5. The van der Waals surface area contributed by atoms with E-state index in [4.69, 9.17) is 45.5 Å². The zero-order valence-electron chi connectivity index (χ0n) is 33.0. The van der Waals surface area contributed by atoms with Crippen molar-refractivity contribution >= 4 is 58.3 Å². The van der Waals surface area contributed by atoms with Crippen molar-refractivity contribution in [1.82, 2.24) is 0 Å². The molecule has 3 aliphatic rings. The van der Waals surface area contributed by atoms with Gasteiger partial charge in [0.15, 0.2) is 5.54 Å². The Morgan fingerprint density at radius 2 is 1.28 bits per heavy atom. The SMILES string of the molecule is C#CC(=O)N(c1ccc(OC(F)(F)F)c(Cl)c1)C1(C(=O)O)CCOC(C(C)C)C1.C#CC(=O)N(c1ccc(OCC2(C(F)(F)F)CC2)c(Cl)c1)C1(C(=O)O)CCCC1.CC. The first-order valence-corrected chi connectivity index (χ1v) is 19.5. The highest BCUT2D eigenvalue weighted by Gasteiger charge is 2.64. The monoisotopic (exact) mass is 892 g/mol. The zero-order valence-corrected chi connectivity index (χ0v) is 34.5. The lowest BCUT2D eigenvalue weighted by Gasteiger charge is -2.45. The highest BCUT2D eigenvalue weighted by atomic mass is 35.5. The van der Waals surface area contributed by atoms with Gasteiger partial charge in [-0.25, -0.2) is 9.59 Å². The molecule has 2 unspecified atom stereocenters. The van der Waals surface area contributed by atoms with Crippen molar-refractivity contribution in [2.45, 2.75) is 109 Å². The number of ether oxygens (including phenoxy) is 3. The molecule has 328 valence electrons. The standard InChI is InChI=1S/C20H19ClF3NO4.C19H19ClF3NO5.C2H6/c1-2-16(26)25(19(17(27)28)7-3-4-8-19)13-5-6-15(14(21)11-13)29-12-18(9-10-18)20(22,23)24;1-4-16(25)24(12-5-6-14(13(20)9-12)29-19(21,22)23)18(17(26)27)7-8-28-15(10-18)11(2)3;1-2/h1,5-6,11H,3-4,7-10,12H2,(H,27,28);1,5-6,9,11,15H,7-8,10H2,2-3H3,(H,26,27);1-2H3. The first-order chi connectivity index (χ1) is 28.0. The number of halogens is 8.